The summed E-state index contributed by atoms with van der Waals surface area (Å²) in [6.45, 7) is 5.33. The molecule has 0 bridgehead atoms. The number of allylic oxidation sites excluding steroid dienone is 2. The fourth-order valence-electron chi connectivity index (χ4n) is 4.78. The van der Waals surface area contributed by atoms with E-state index < -0.39 is 0 Å². The van der Waals surface area contributed by atoms with Gasteiger partial charge < -0.3 is 10.1 Å². The van der Waals surface area contributed by atoms with Crippen LogP contribution in [0.4, 0.5) is 0 Å². The largest absolute Gasteiger partial charge is 0.494 e. The first-order valence-electron chi connectivity index (χ1n) is 13.7. The predicted octanol–water partition coefficient (Wildman–Crippen LogP) is 5.80. The number of carbonyl (C=O) groups excluding carboxylic acids is 1. The number of hydrogen-bond donors (Lipinski definition) is 1. The van der Waals surface area contributed by atoms with E-state index in [1.165, 1.54) is 16.2 Å². The Hall–Kier alpha value is -2.64. The van der Waals surface area contributed by atoms with E-state index in [1.807, 2.05) is 30.0 Å². The number of hydrogen-bond acceptors (Lipinski definition) is 6. The summed E-state index contributed by atoms with van der Waals surface area (Å²) in [6, 6.07) is 8.88. The van der Waals surface area contributed by atoms with Crippen LogP contribution >= 0.6 is 11.8 Å². The number of thioether (sulfide) groups is 1. The highest BCUT2D eigenvalue weighted by Gasteiger charge is 2.24. The molecule has 2 aliphatic rings. The van der Waals surface area contributed by atoms with Crippen molar-refractivity contribution in [3.05, 3.63) is 64.5 Å². The number of aromatic nitrogens is 1. The number of aliphatic imine (C=N–C) groups is 1. The van der Waals surface area contributed by atoms with Gasteiger partial charge in [0.25, 0.3) is 5.56 Å². The van der Waals surface area contributed by atoms with Crippen LogP contribution in [0.15, 0.2) is 63.9 Å². The predicted molar refractivity (Wildman–Crippen MR) is 156 cm³/mol. The zero-order valence-electron chi connectivity index (χ0n) is 21.9. The second kappa shape index (κ2) is 14.3. The Kier molecular flexibility index (Phi) is 10.6. The van der Waals surface area contributed by atoms with Gasteiger partial charge in [-0.25, -0.2) is 4.57 Å². The highest BCUT2D eigenvalue weighted by atomic mass is 32.2. The van der Waals surface area contributed by atoms with Crippen LogP contribution in [0.2, 0.25) is 0 Å². The lowest BCUT2D eigenvalue weighted by Crippen LogP contribution is -2.26. The van der Waals surface area contributed by atoms with E-state index in [-0.39, 0.29) is 11.5 Å². The first-order valence-corrected chi connectivity index (χ1v) is 14.8. The van der Waals surface area contributed by atoms with Gasteiger partial charge in [0, 0.05) is 36.1 Å². The summed E-state index contributed by atoms with van der Waals surface area (Å²) in [7, 11) is 0. The minimum absolute atomic E-state index is 0.141. The molecule has 0 amide bonds. The Bertz CT molecular complexity index is 1210. The van der Waals surface area contributed by atoms with Gasteiger partial charge in [0.15, 0.2) is 0 Å². The molecular weight excluding hydrogens is 482 g/mol. The monoisotopic (exact) mass is 521 g/mol. The molecule has 0 radical (unpaired) electrons. The third-order valence-corrected chi connectivity index (χ3v) is 8.03. The van der Waals surface area contributed by atoms with E-state index >= 15 is 0 Å². The molecule has 0 spiro atoms. The summed E-state index contributed by atoms with van der Waals surface area (Å²) < 4.78 is 7.27. The summed E-state index contributed by atoms with van der Waals surface area (Å²) in [5, 5.41) is 4.95. The average molecular weight is 522 g/mol. The van der Waals surface area contributed by atoms with Crippen molar-refractivity contribution in [1.29, 1.82) is 0 Å². The van der Waals surface area contributed by atoms with E-state index in [0.717, 1.165) is 81.4 Å². The molecule has 0 saturated carbocycles. The number of rotatable bonds is 14. The van der Waals surface area contributed by atoms with E-state index in [0.29, 0.717) is 29.5 Å². The Labute approximate surface area is 224 Å². The lowest BCUT2D eigenvalue weighted by atomic mass is 9.98. The minimum atomic E-state index is -0.278. The number of fused-ring (bicyclic) bond motifs is 2. The molecule has 0 fully saturated rings. The van der Waals surface area contributed by atoms with Crippen LogP contribution in [0.25, 0.3) is 10.9 Å². The number of pyridine rings is 1. The zero-order valence-corrected chi connectivity index (χ0v) is 22.7. The molecule has 2 heterocycles. The summed E-state index contributed by atoms with van der Waals surface area (Å²) in [6.07, 6.45) is 14.2. The lowest BCUT2D eigenvalue weighted by Gasteiger charge is -2.17. The molecule has 1 unspecified atom stereocenters. The molecule has 0 saturated heterocycles. The van der Waals surface area contributed by atoms with Gasteiger partial charge in [-0.05, 0) is 67.5 Å². The number of nitrogens with zero attached hydrogens (tertiary/aromatic N) is 2. The molecule has 1 N–H and O–H groups in total. The summed E-state index contributed by atoms with van der Waals surface area (Å²) in [5.74, 6) is 1.66. The fraction of sp³-hybridized carbons (Fsp3) is 0.500. The van der Waals surface area contributed by atoms with Gasteiger partial charge in [-0.2, -0.15) is 0 Å². The fourth-order valence-corrected chi connectivity index (χ4v) is 5.93. The summed E-state index contributed by atoms with van der Waals surface area (Å²) >= 11 is 2.01. The topological polar surface area (TPSA) is 72.7 Å². The summed E-state index contributed by atoms with van der Waals surface area (Å²) in [4.78, 5) is 30.1. The van der Waals surface area contributed by atoms with Gasteiger partial charge in [0.1, 0.15) is 5.75 Å². The molecule has 4 rings (SSSR count). The summed E-state index contributed by atoms with van der Waals surface area (Å²) in [5.41, 5.74) is 2.93. The standard InChI is InChI=1S/C30H39N3O3S/c1-2-3-4-5-11-29(34)33-27-22-24(14-12-23(27)13-15-30(33)35)36-20-7-6-17-31-18-19-32-26-9-8-10-28-25(26)16-21-37-28/h8-9,12-16,22,28,31H,2-7,10-11,17-21H2,1H3. The van der Waals surface area contributed by atoms with Crippen molar-refractivity contribution in [2.24, 2.45) is 4.99 Å². The molecule has 7 heteroatoms. The van der Waals surface area contributed by atoms with E-state index in [1.54, 1.807) is 6.07 Å². The SMILES string of the molecule is CCCCCCC(=O)n1c(=O)ccc2ccc(OCCCCNCCN=C3C=CCC4SCC=C34)cc21. The Morgan fingerprint density at radius 1 is 1.14 bits per heavy atom. The molecular formula is C30H39N3O3S. The van der Waals surface area contributed by atoms with Crippen molar-refractivity contribution >= 4 is 34.3 Å². The second-order valence-corrected chi connectivity index (χ2v) is 10.9. The van der Waals surface area contributed by atoms with Crippen molar-refractivity contribution in [2.75, 3.05) is 32.0 Å². The first kappa shape index (κ1) is 27.4. The van der Waals surface area contributed by atoms with Crippen LogP contribution in [0, 0.1) is 0 Å². The van der Waals surface area contributed by atoms with Crippen molar-refractivity contribution in [1.82, 2.24) is 9.88 Å². The highest BCUT2D eigenvalue weighted by Crippen LogP contribution is 2.33. The Morgan fingerprint density at radius 3 is 2.92 bits per heavy atom. The van der Waals surface area contributed by atoms with Crippen LogP contribution in [-0.2, 0) is 0 Å². The maximum atomic E-state index is 12.8. The van der Waals surface area contributed by atoms with Gasteiger partial charge in [-0.15, -0.1) is 11.8 Å². The lowest BCUT2D eigenvalue weighted by molar-refractivity contribution is 0.0900. The van der Waals surface area contributed by atoms with Crippen LogP contribution in [-0.4, -0.2) is 53.4 Å². The van der Waals surface area contributed by atoms with Crippen LogP contribution in [0.1, 0.15) is 63.1 Å². The average Bonchev–Trinajstić information content (AvgIpc) is 3.40. The quantitative estimate of drug-likeness (QED) is 0.318. The highest BCUT2D eigenvalue weighted by molar-refractivity contribution is 8.00. The van der Waals surface area contributed by atoms with Gasteiger partial charge >= 0.3 is 0 Å². The number of unbranched alkanes of at least 4 members (excludes halogenated alkanes) is 4. The number of carbonyl (C=O) groups is 1. The maximum Gasteiger partial charge on any atom is 0.257 e. The molecule has 1 atom stereocenters. The Morgan fingerprint density at radius 2 is 2.03 bits per heavy atom. The van der Waals surface area contributed by atoms with Gasteiger partial charge in [-0.3, -0.25) is 14.6 Å². The van der Waals surface area contributed by atoms with E-state index in [9.17, 15) is 9.59 Å². The minimum Gasteiger partial charge on any atom is -0.494 e. The Balaban J connectivity index is 1.19. The zero-order chi connectivity index (χ0) is 25.9. The molecule has 198 valence electrons. The van der Waals surface area contributed by atoms with Crippen molar-refractivity contribution in [2.45, 2.75) is 63.5 Å². The first-order chi connectivity index (χ1) is 18.2. The van der Waals surface area contributed by atoms with Crippen molar-refractivity contribution < 1.29 is 9.53 Å². The maximum absolute atomic E-state index is 12.8. The smallest absolute Gasteiger partial charge is 0.257 e. The molecule has 1 aliphatic carbocycles. The molecule has 1 aliphatic heterocycles. The van der Waals surface area contributed by atoms with Crippen molar-refractivity contribution in [3.8, 4) is 5.75 Å². The normalized spacial score (nSPS) is 17.8. The molecule has 1 aromatic heterocycles. The molecule has 6 nitrogen and oxygen atoms in total. The molecule has 2 aromatic rings. The molecule has 1 aromatic carbocycles. The molecule has 37 heavy (non-hydrogen) atoms. The van der Waals surface area contributed by atoms with Gasteiger partial charge in [0.2, 0.25) is 5.91 Å². The van der Waals surface area contributed by atoms with Gasteiger partial charge in [0.05, 0.1) is 24.4 Å². The number of benzene rings is 1. The van der Waals surface area contributed by atoms with Gasteiger partial charge in [-0.1, -0.05) is 38.3 Å². The van der Waals surface area contributed by atoms with E-state index in [4.69, 9.17) is 9.73 Å². The van der Waals surface area contributed by atoms with Crippen molar-refractivity contribution in [3.63, 3.8) is 0 Å². The van der Waals surface area contributed by atoms with Crippen LogP contribution < -0.4 is 15.6 Å². The number of ether oxygens (including phenoxy) is 1. The van der Waals surface area contributed by atoms with E-state index in [2.05, 4.69) is 30.5 Å². The van der Waals surface area contributed by atoms with Crippen LogP contribution in [0.5, 0.6) is 5.75 Å². The number of nitrogens with one attached hydrogen (secondary N) is 1. The van der Waals surface area contributed by atoms with Crippen LogP contribution in [0.3, 0.4) is 0 Å². The second-order valence-electron chi connectivity index (χ2n) is 9.62. The third kappa shape index (κ3) is 7.68. The third-order valence-electron chi connectivity index (χ3n) is 6.82.